The molecule has 0 amide bonds. The Kier molecular flexibility index (Phi) is 8.43. The van der Waals surface area contributed by atoms with Gasteiger partial charge < -0.3 is 9.47 Å². The Bertz CT molecular complexity index is 941. The maximum absolute atomic E-state index is 12.4. The molecule has 3 rings (SSSR count). The highest BCUT2D eigenvalue weighted by molar-refractivity contribution is 5.91. The number of carbonyl (C=O) groups excluding carboxylic acids is 1. The van der Waals surface area contributed by atoms with E-state index in [4.69, 9.17) is 9.47 Å². The minimum Gasteiger partial charge on any atom is -0.423 e. The average Bonchev–Trinajstić information content (AvgIpc) is 2.80. The van der Waals surface area contributed by atoms with Gasteiger partial charge in [-0.3, -0.25) is 0 Å². The third kappa shape index (κ3) is 6.53. The van der Waals surface area contributed by atoms with Gasteiger partial charge in [0.05, 0.1) is 11.7 Å². The SMILES string of the molecule is CCCCOC(C)c1ccc(-c2ccc(OC(=O)c3ccc(CCC)cc3)cc2)cc1. The predicted octanol–water partition coefficient (Wildman–Crippen LogP) is 7.40. The second-order valence-corrected chi connectivity index (χ2v) is 7.85. The number of aryl methyl sites for hydroxylation is 1. The van der Waals surface area contributed by atoms with Crippen LogP contribution in [0.5, 0.6) is 5.75 Å². The molecule has 31 heavy (non-hydrogen) atoms. The van der Waals surface area contributed by atoms with Crippen molar-refractivity contribution in [3.05, 3.63) is 89.5 Å². The second-order valence-electron chi connectivity index (χ2n) is 7.85. The molecule has 0 fully saturated rings. The van der Waals surface area contributed by atoms with Crippen molar-refractivity contribution in [1.82, 2.24) is 0 Å². The van der Waals surface area contributed by atoms with E-state index in [9.17, 15) is 4.79 Å². The van der Waals surface area contributed by atoms with E-state index in [0.717, 1.165) is 43.4 Å². The van der Waals surface area contributed by atoms with Crippen molar-refractivity contribution in [3.63, 3.8) is 0 Å². The summed E-state index contributed by atoms with van der Waals surface area (Å²) in [6.45, 7) is 7.19. The van der Waals surface area contributed by atoms with Gasteiger partial charge in [0.1, 0.15) is 5.75 Å². The van der Waals surface area contributed by atoms with Crippen molar-refractivity contribution in [3.8, 4) is 16.9 Å². The predicted molar refractivity (Wildman–Crippen MR) is 127 cm³/mol. The van der Waals surface area contributed by atoms with Crippen LogP contribution in [0.1, 0.15) is 67.6 Å². The molecule has 0 aliphatic carbocycles. The number of hydrogen-bond donors (Lipinski definition) is 0. The van der Waals surface area contributed by atoms with Crippen molar-refractivity contribution in [2.75, 3.05) is 6.61 Å². The maximum Gasteiger partial charge on any atom is 0.343 e. The van der Waals surface area contributed by atoms with E-state index in [1.54, 1.807) is 0 Å². The van der Waals surface area contributed by atoms with Crippen molar-refractivity contribution in [2.45, 2.75) is 52.6 Å². The van der Waals surface area contributed by atoms with E-state index in [0.29, 0.717) is 11.3 Å². The smallest absolute Gasteiger partial charge is 0.343 e. The van der Waals surface area contributed by atoms with Gasteiger partial charge in [-0.15, -0.1) is 0 Å². The van der Waals surface area contributed by atoms with E-state index in [-0.39, 0.29) is 12.1 Å². The standard InChI is InChI=1S/C28H32O3/c1-4-6-20-30-21(3)23-12-14-24(15-13-23)25-16-18-27(19-17-25)31-28(29)26-10-8-22(7-5-2)9-11-26/h8-19,21H,4-7,20H2,1-3H3. The summed E-state index contributed by atoms with van der Waals surface area (Å²) < 4.78 is 11.4. The normalized spacial score (nSPS) is 11.8. The zero-order valence-corrected chi connectivity index (χ0v) is 18.8. The number of carbonyl (C=O) groups is 1. The van der Waals surface area contributed by atoms with Crippen LogP contribution in [0.4, 0.5) is 0 Å². The van der Waals surface area contributed by atoms with E-state index >= 15 is 0 Å². The van der Waals surface area contributed by atoms with Crippen molar-refractivity contribution < 1.29 is 14.3 Å². The van der Waals surface area contributed by atoms with Gasteiger partial charge in [0.25, 0.3) is 0 Å². The van der Waals surface area contributed by atoms with Gasteiger partial charge >= 0.3 is 5.97 Å². The number of esters is 1. The first-order chi connectivity index (χ1) is 15.1. The summed E-state index contributed by atoms with van der Waals surface area (Å²) in [7, 11) is 0. The third-order valence-corrected chi connectivity index (χ3v) is 5.37. The lowest BCUT2D eigenvalue weighted by molar-refractivity contribution is 0.0637. The molecule has 0 saturated carbocycles. The topological polar surface area (TPSA) is 35.5 Å². The zero-order valence-electron chi connectivity index (χ0n) is 18.8. The minimum absolute atomic E-state index is 0.0958. The quantitative estimate of drug-likeness (QED) is 0.196. The van der Waals surface area contributed by atoms with E-state index in [2.05, 4.69) is 45.0 Å². The monoisotopic (exact) mass is 416 g/mol. The first kappa shape index (κ1) is 22.8. The summed E-state index contributed by atoms with van der Waals surface area (Å²) in [5.74, 6) is 0.207. The fourth-order valence-electron chi connectivity index (χ4n) is 3.42. The number of unbranched alkanes of at least 4 members (excludes halogenated alkanes) is 1. The van der Waals surface area contributed by atoms with Crippen LogP contribution in [-0.2, 0) is 11.2 Å². The number of hydrogen-bond acceptors (Lipinski definition) is 3. The lowest BCUT2D eigenvalue weighted by Gasteiger charge is -2.14. The van der Waals surface area contributed by atoms with Crippen molar-refractivity contribution in [1.29, 1.82) is 0 Å². The highest BCUT2D eigenvalue weighted by Crippen LogP contribution is 2.26. The van der Waals surface area contributed by atoms with Crippen LogP contribution in [0.2, 0.25) is 0 Å². The molecule has 0 aliphatic heterocycles. The molecule has 3 heteroatoms. The summed E-state index contributed by atoms with van der Waals surface area (Å²) in [5, 5.41) is 0. The van der Waals surface area contributed by atoms with Gasteiger partial charge in [0.2, 0.25) is 0 Å². The van der Waals surface area contributed by atoms with Crippen LogP contribution in [0, 0.1) is 0 Å². The Labute approximate surface area is 186 Å². The Morgan fingerprint density at radius 3 is 2.00 bits per heavy atom. The second kappa shape index (κ2) is 11.5. The Hall–Kier alpha value is -2.91. The first-order valence-electron chi connectivity index (χ1n) is 11.2. The molecular weight excluding hydrogens is 384 g/mol. The molecule has 1 atom stereocenters. The molecule has 0 bridgehead atoms. The molecule has 0 radical (unpaired) electrons. The van der Waals surface area contributed by atoms with Crippen LogP contribution in [0.3, 0.4) is 0 Å². The lowest BCUT2D eigenvalue weighted by atomic mass is 10.0. The van der Waals surface area contributed by atoms with Gasteiger partial charge in [-0.05, 0) is 66.3 Å². The summed E-state index contributed by atoms with van der Waals surface area (Å²) >= 11 is 0. The molecule has 3 aromatic rings. The summed E-state index contributed by atoms with van der Waals surface area (Å²) in [6, 6.07) is 23.7. The van der Waals surface area contributed by atoms with E-state index in [1.807, 2.05) is 48.5 Å². The fourth-order valence-corrected chi connectivity index (χ4v) is 3.42. The molecule has 0 N–H and O–H groups in total. The highest BCUT2D eigenvalue weighted by Gasteiger charge is 2.10. The van der Waals surface area contributed by atoms with Crippen LogP contribution >= 0.6 is 0 Å². The molecule has 3 nitrogen and oxygen atoms in total. The highest BCUT2D eigenvalue weighted by atomic mass is 16.5. The van der Waals surface area contributed by atoms with Crippen molar-refractivity contribution >= 4 is 5.97 Å². The molecular formula is C28H32O3. The molecule has 0 heterocycles. The van der Waals surface area contributed by atoms with E-state index in [1.165, 1.54) is 11.1 Å². The number of rotatable bonds is 10. The van der Waals surface area contributed by atoms with E-state index < -0.39 is 0 Å². The molecule has 1 unspecified atom stereocenters. The van der Waals surface area contributed by atoms with Crippen LogP contribution in [0.15, 0.2) is 72.8 Å². The van der Waals surface area contributed by atoms with Crippen LogP contribution in [0.25, 0.3) is 11.1 Å². The van der Waals surface area contributed by atoms with Gasteiger partial charge in [-0.25, -0.2) is 4.79 Å². The van der Waals surface area contributed by atoms with Crippen molar-refractivity contribution in [2.24, 2.45) is 0 Å². The summed E-state index contributed by atoms with van der Waals surface area (Å²) in [4.78, 5) is 12.4. The summed E-state index contributed by atoms with van der Waals surface area (Å²) in [5.41, 5.74) is 5.17. The molecule has 0 aliphatic rings. The third-order valence-electron chi connectivity index (χ3n) is 5.37. The molecule has 0 saturated heterocycles. The largest absolute Gasteiger partial charge is 0.423 e. The Morgan fingerprint density at radius 1 is 0.806 bits per heavy atom. The summed E-state index contributed by atoms with van der Waals surface area (Å²) in [6.07, 6.45) is 4.43. The van der Waals surface area contributed by atoms with Gasteiger partial charge in [0, 0.05) is 6.61 Å². The molecule has 3 aromatic carbocycles. The maximum atomic E-state index is 12.4. The molecule has 0 aromatic heterocycles. The molecule has 0 spiro atoms. The van der Waals surface area contributed by atoms with Crippen LogP contribution < -0.4 is 4.74 Å². The molecule has 162 valence electrons. The first-order valence-corrected chi connectivity index (χ1v) is 11.2. The number of benzene rings is 3. The Balaban J connectivity index is 1.60. The van der Waals surface area contributed by atoms with Gasteiger partial charge in [-0.1, -0.05) is 75.2 Å². The van der Waals surface area contributed by atoms with Crippen LogP contribution in [-0.4, -0.2) is 12.6 Å². The number of ether oxygens (including phenoxy) is 2. The van der Waals surface area contributed by atoms with Gasteiger partial charge in [0.15, 0.2) is 0 Å². The lowest BCUT2D eigenvalue weighted by Crippen LogP contribution is -2.08. The minimum atomic E-state index is -0.336. The Morgan fingerprint density at radius 2 is 1.42 bits per heavy atom. The zero-order chi connectivity index (χ0) is 22.1. The fraction of sp³-hybridized carbons (Fsp3) is 0.321. The average molecular weight is 417 g/mol. The van der Waals surface area contributed by atoms with Gasteiger partial charge in [-0.2, -0.15) is 0 Å².